The summed E-state index contributed by atoms with van der Waals surface area (Å²) in [5.41, 5.74) is 9.54. The second-order valence-corrected chi connectivity index (χ2v) is 10.8. The van der Waals surface area contributed by atoms with E-state index in [0.29, 0.717) is 26.1 Å². The van der Waals surface area contributed by atoms with Crippen LogP contribution in [0.2, 0.25) is 0 Å². The molecule has 0 aliphatic rings. The van der Waals surface area contributed by atoms with Crippen LogP contribution in [0.25, 0.3) is 11.3 Å². The molecular weight excluding hydrogens is 466 g/mol. The van der Waals surface area contributed by atoms with Crippen LogP contribution in [0, 0.1) is 5.41 Å². The molecule has 188 valence electrons. The maximum absolute atomic E-state index is 13.7. The number of carbonyl (C=O) groups excluding carboxylic acids is 1. The number of benzene rings is 2. The van der Waals surface area contributed by atoms with Crippen molar-refractivity contribution in [2.75, 3.05) is 18.4 Å². The van der Waals surface area contributed by atoms with Gasteiger partial charge in [-0.15, -0.1) is 0 Å². The maximum atomic E-state index is 13.7. The first-order valence-electron chi connectivity index (χ1n) is 12.3. The third-order valence-electron chi connectivity index (χ3n) is 6.09. The van der Waals surface area contributed by atoms with Gasteiger partial charge in [0.2, 0.25) is 0 Å². The zero-order valence-corrected chi connectivity index (χ0v) is 22.0. The quantitative estimate of drug-likeness (QED) is 0.270. The lowest BCUT2D eigenvalue weighted by Gasteiger charge is -2.40. The van der Waals surface area contributed by atoms with Gasteiger partial charge in [0.05, 0.1) is 17.4 Å². The highest BCUT2D eigenvalue weighted by molar-refractivity contribution is 7.08. The molecule has 0 unspecified atom stereocenters. The number of amides is 2. The Morgan fingerprint density at radius 3 is 2.39 bits per heavy atom. The number of hydrogen-bond donors (Lipinski definition) is 2. The summed E-state index contributed by atoms with van der Waals surface area (Å²) in [4.78, 5) is 20.7. The van der Waals surface area contributed by atoms with Gasteiger partial charge in [-0.05, 0) is 35.4 Å². The van der Waals surface area contributed by atoms with Gasteiger partial charge in [-0.25, -0.2) is 9.78 Å². The van der Waals surface area contributed by atoms with Crippen molar-refractivity contribution in [3.8, 4) is 11.3 Å². The lowest BCUT2D eigenvalue weighted by Crippen LogP contribution is -2.45. The number of anilines is 1. The summed E-state index contributed by atoms with van der Waals surface area (Å²) in [6.07, 6.45) is 2.81. The fourth-order valence-electron chi connectivity index (χ4n) is 4.44. The van der Waals surface area contributed by atoms with Crippen LogP contribution in [0.3, 0.4) is 0 Å². The predicted molar refractivity (Wildman–Crippen MR) is 149 cm³/mol. The second-order valence-electron chi connectivity index (χ2n) is 10.0. The molecule has 3 N–H and O–H groups in total. The maximum Gasteiger partial charge on any atom is 0.322 e. The van der Waals surface area contributed by atoms with E-state index in [9.17, 15) is 4.79 Å². The molecule has 0 saturated carbocycles. The van der Waals surface area contributed by atoms with Crippen molar-refractivity contribution in [1.82, 2.24) is 14.5 Å². The van der Waals surface area contributed by atoms with Crippen molar-refractivity contribution >= 4 is 23.1 Å². The lowest BCUT2D eigenvalue weighted by atomic mass is 9.84. The monoisotopic (exact) mass is 501 g/mol. The summed E-state index contributed by atoms with van der Waals surface area (Å²) in [6.45, 7) is 8.19. The van der Waals surface area contributed by atoms with Gasteiger partial charge >= 0.3 is 6.03 Å². The molecule has 0 bridgehead atoms. The average Bonchev–Trinajstić information content (AvgIpc) is 3.52. The minimum atomic E-state index is -0.283. The first-order chi connectivity index (χ1) is 17.4. The van der Waals surface area contributed by atoms with Gasteiger partial charge in [0.15, 0.2) is 0 Å². The number of urea groups is 1. The van der Waals surface area contributed by atoms with E-state index in [1.165, 1.54) is 5.56 Å². The molecule has 4 aromatic rings. The summed E-state index contributed by atoms with van der Waals surface area (Å²) < 4.78 is 2.20. The first kappa shape index (κ1) is 25.7. The summed E-state index contributed by atoms with van der Waals surface area (Å²) in [5, 5.41) is 6.98. The number of hydrogen-bond acceptors (Lipinski definition) is 4. The Morgan fingerprint density at radius 1 is 1.08 bits per heavy atom. The minimum Gasteiger partial charge on any atom is -0.330 e. The van der Waals surface area contributed by atoms with Gasteiger partial charge in [-0.2, -0.15) is 11.3 Å². The fraction of sp³-hybridized carbons (Fsp3) is 0.310. The highest BCUT2D eigenvalue weighted by Gasteiger charge is 2.38. The van der Waals surface area contributed by atoms with Crippen molar-refractivity contribution in [2.24, 2.45) is 11.1 Å². The van der Waals surface area contributed by atoms with Gasteiger partial charge in [-0.1, -0.05) is 81.4 Å². The van der Waals surface area contributed by atoms with Crippen LogP contribution >= 0.6 is 11.3 Å². The Hall–Kier alpha value is -3.42. The van der Waals surface area contributed by atoms with Crippen LogP contribution in [0.5, 0.6) is 0 Å². The molecule has 2 heterocycles. The van der Waals surface area contributed by atoms with Crippen molar-refractivity contribution in [1.29, 1.82) is 0 Å². The van der Waals surface area contributed by atoms with Crippen molar-refractivity contribution in [2.45, 2.75) is 39.8 Å². The van der Waals surface area contributed by atoms with Gasteiger partial charge in [0.25, 0.3) is 0 Å². The molecule has 0 aliphatic heterocycles. The highest BCUT2D eigenvalue weighted by atomic mass is 32.1. The molecule has 36 heavy (non-hydrogen) atoms. The molecule has 2 aromatic carbocycles. The molecule has 0 radical (unpaired) electrons. The molecule has 2 amide bonds. The smallest absolute Gasteiger partial charge is 0.322 e. The molecule has 0 fully saturated rings. The SMILES string of the molecule is CC(C)(C)[C@H](c1nc(-c2ccccc2)cn1Cc1ccccc1)N(CCCN)C(=O)Nc1ccsc1. The largest absolute Gasteiger partial charge is 0.330 e. The van der Waals surface area contributed by atoms with Gasteiger partial charge in [0, 0.05) is 30.2 Å². The number of nitrogens with zero attached hydrogens (tertiary/aromatic N) is 3. The Labute approximate surface area is 217 Å². The van der Waals surface area contributed by atoms with E-state index in [0.717, 1.165) is 22.8 Å². The Bertz CT molecular complexity index is 1230. The first-order valence-corrected chi connectivity index (χ1v) is 13.3. The van der Waals surface area contributed by atoms with Crippen LogP contribution in [0.15, 0.2) is 83.7 Å². The van der Waals surface area contributed by atoms with Crippen LogP contribution in [0.1, 0.15) is 44.6 Å². The number of carbonyl (C=O) groups is 1. The molecule has 7 heteroatoms. The summed E-state index contributed by atoms with van der Waals surface area (Å²) in [6, 6.07) is 22.0. The second kappa shape index (κ2) is 11.5. The molecular formula is C29H35N5OS. The van der Waals surface area contributed by atoms with E-state index in [-0.39, 0.29) is 17.5 Å². The molecule has 0 saturated heterocycles. The van der Waals surface area contributed by atoms with Crippen LogP contribution in [-0.4, -0.2) is 33.6 Å². The Kier molecular flexibility index (Phi) is 8.23. The Balaban J connectivity index is 1.81. The van der Waals surface area contributed by atoms with Gasteiger partial charge < -0.3 is 20.5 Å². The summed E-state index contributed by atoms with van der Waals surface area (Å²) in [7, 11) is 0. The zero-order chi connectivity index (χ0) is 25.5. The zero-order valence-electron chi connectivity index (χ0n) is 21.2. The van der Waals surface area contributed by atoms with E-state index < -0.39 is 0 Å². The highest BCUT2D eigenvalue weighted by Crippen LogP contribution is 2.39. The molecule has 1 atom stereocenters. The van der Waals surface area contributed by atoms with E-state index in [1.807, 2.05) is 58.1 Å². The van der Waals surface area contributed by atoms with E-state index in [2.05, 4.69) is 61.1 Å². The number of thiophene rings is 1. The normalized spacial score (nSPS) is 12.3. The minimum absolute atomic E-state index is 0.141. The number of aromatic nitrogens is 2. The lowest BCUT2D eigenvalue weighted by molar-refractivity contribution is 0.116. The number of imidazole rings is 1. The van der Waals surface area contributed by atoms with Crippen molar-refractivity contribution < 1.29 is 4.79 Å². The Morgan fingerprint density at radius 2 is 1.78 bits per heavy atom. The standard InChI is InChI=1S/C29H35N5OS/c1-29(2,3)26(34(17-10-16-30)28(35)31-24-15-18-36-21-24)27-32-25(23-13-8-5-9-14-23)20-33(27)19-22-11-6-4-7-12-22/h4-9,11-15,18,20-21,26H,10,16-17,19,30H2,1-3H3,(H,31,35)/t26-/m0/s1. The topological polar surface area (TPSA) is 76.2 Å². The molecule has 4 rings (SSSR count). The summed E-state index contributed by atoms with van der Waals surface area (Å²) >= 11 is 1.56. The fourth-order valence-corrected chi connectivity index (χ4v) is 5.03. The number of nitrogens with two attached hydrogens (primary N) is 1. The van der Waals surface area contributed by atoms with Gasteiger partial charge in [0.1, 0.15) is 5.82 Å². The number of rotatable bonds is 9. The third kappa shape index (κ3) is 6.22. The molecule has 2 aromatic heterocycles. The van der Waals surface area contributed by atoms with Crippen molar-refractivity contribution in [3.05, 3.63) is 95.1 Å². The summed E-state index contributed by atoms with van der Waals surface area (Å²) in [5.74, 6) is 0.864. The predicted octanol–water partition coefficient (Wildman–Crippen LogP) is 6.63. The van der Waals surface area contributed by atoms with E-state index in [1.54, 1.807) is 11.3 Å². The van der Waals surface area contributed by atoms with E-state index in [4.69, 9.17) is 10.7 Å². The van der Waals surface area contributed by atoms with Crippen LogP contribution in [-0.2, 0) is 6.54 Å². The average molecular weight is 502 g/mol. The third-order valence-corrected chi connectivity index (χ3v) is 6.77. The van der Waals surface area contributed by atoms with Crippen LogP contribution in [0.4, 0.5) is 10.5 Å². The van der Waals surface area contributed by atoms with Crippen LogP contribution < -0.4 is 11.1 Å². The number of nitrogens with one attached hydrogen (secondary N) is 1. The molecule has 0 aliphatic carbocycles. The van der Waals surface area contributed by atoms with Crippen molar-refractivity contribution in [3.63, 3.8) is 0 Å². The molecule has 6 nitrogen and oxygen atoms in total. The molecule has 0 spiro atoms. The van der Waals surface area contributed by atoms with Gasteiger partial charge in [-0.3, -0.25) is 0 Å². The van der Waals surface area contributed by atoms with E-state index >= 15 is 0 Å².